The van der Waals surface area contributed by atoms with E-state index in [0.29, 0.717) is 23.6 Å². The number of anilines is 1. The Morgan fingerprint density at radius 2 is 2.04 bits per heavy atom. The molecular weight excluding hydrogens is 294 g/mol. The average molecular weight is 309 g/mol. The number of benzene rings is 1. The van der Waals surface area contributed by atoms with E-state index in [9.17, 15) is 9.59 Å². The Kier molecular flexibility index (Phi) is 4.14. The number of hydrazone groups is 1. The van der Waals surface area contributed by atoms with Crippen molar-refractivity contribution in [1.29, 1.82) is 0 Å². The Morgan fingerprint density at radius 3 is 2.70 bits per heavy atom. The topological polar surface area (TPSA) is 71.9 Å². The van der Waals surface area contributed by atoms with Crippen LogP contribution in [0.3, 0.4) is 0 Å². The summed E-state index contributed by atoms with van der Waals surface area (Å²) in [7, 11) is 0. The molecule has 1 aliphatic rings. The summed E-state index contributed by atoms with van der Waals surface area (Å²) in [5.74, 6) is -0.501. The van der Waals surface area contributed by atoms with Crippen LogP contribution in [0, 0.1) is 0 Å². The Balaban J connectivity index is 1.83. The van der Waals surface area contributed by atoms with Crippen molar-refractivity contribution in [3.63, 3.8) is 0 Å². The maximum absolute atomic E-state index is 12.2. The molecule has 116 valence electrons. The molecule has 0 aliphatic carbocycles. The normalized spacial score (nSPS) is 13.9. The van der Waals surface area contributed by atoms with Crippen LogP contribution in [0.15, 0.2) is 53.9 Å². The number of rotatable bonds is 4. The molecule has 0 fully saturated rings. The minimum atomic E-state index is -0.383. The summed E-state index contributed by atoms with van der Waals surface area (Å²) < 4.78 is 4.94. The highest BCUT2D eigenvalue weighted by molar-refractivity contribution is 6.19. The van der Waals surface area contributed by atoms with Gasteiger partial charge >= 0.3 is 5.97 Å². The fourth-order valence-electron chi connectivity index (χ4n) is 2.28. The number of pyridine rings is 1. The Labute approximate surface area is 133 Å². The minimum Gasteiger partial charge on any atom is -0.462 e. The molecule has 0 unspecified atom stereocenters. The number of carbonyl (C=O) groups excluding carboxylic acids is 2. The second-order valence-corrected chi connectivity index (χ2v) is 4.94. The van der Waals surface area contributed by atoms with Crippen molar-refractivity contribution in [2.45, 2.75) is 13.3 Å². The van der Waals surface area contributed by atoms with Crippen LogP contribution in [0.4, 0.5) is 5.69 Å². The molecule has 1 aromatic carbocycles. The highest BCUT2D eigenvalue weighted by Gasteiger charge is 2.26. The van der Waals surface area contributed by atoms with Crippen molar-refractivity contribution in [2.24, 2.45) is 5.10 Å². The van der Waals surface area contributed by atoms with Gasteiger partial charge in [0.1, 0.15) is 0 Å². The fourth-order valence-corrected chi connectivity index (χ4v) is 2.28. The quantitative estimate of drug-likeness (QED) is 0.813. The molecule has 6 nitrogen and oxygen atoms in total. The number of carbonyl (C=O) groups is 2. The van der Waals surface area contributed by atoms with E-state index in [2.05, 4.69) is 10.1 Å². The maximum Gasteiger partial charge on any atom is 0.338 e. The molecule has 0 saturated heterocycles. The largest absolute Gasteiger partial charge is 0.462 e. The standard InChI is InChI=1S/C17H15N3O3/c1-2-23-17(22)12-5-7-14(8-6-12)20-16(21)10-15(19-20)13-4-3-9-18-11-13/h3-9,11H,2,10H2,1H3. The molecule has 1 aliphatic heterocycles. The number of hydrogen-bond donors (Lipinski definition) is 0. The fraction of sp³-hybridized carbons (Fsp3) is 0.176. The van der Waals surface area contributed by atoms with Crippen LogP contribution in [0.1, 0.15) is 29.3 Å². The third-order valence-electron chi connectivity index (χ3n) is 3.39. The van der Waals surface area contributed by atoms with Gasteiger partial charge in [-0.05, 0) is 43.3 Å². The highest BCUT2D eigenvalue weighted by atomic mass is 16.5. The predicted molar refractivity (Wildman–Crippen MR) is 85.3 cm³/mol. The zero-order valence-corrected chi connectivity index (χ0v) is 12.6. The molecule has 1 amide bonds. The van der Waals surface area contributed by atoms with Crippen LogP contribution in [-0.2, 0) is 9.53 Å². The van der Waals surface area contributed by atoms with E-state index in [4.69, 9.17) is 4.74 Å². The van der Waals surface area contributed by atoms with Crippen molar-refractivity contribution in [1.82, 2.24) is 4.98 Å². The predicted octanol–water partition coefficient (Wildman–Crippen LogP) is 2.40. The number of esters is 1. The molecular formula is C17H15N3O3. The molecule has 2 aromatic rings. The van der Waals surface area contributed by atoms with E-state index >= 15 is 0 Å². The molecule has 0 bridgehead atoms. The van der Waals surface area contributed by atoms with E-state index in [1.165, 1.54) is 5.01 Å². The molecule has 3 rings (SSSR count). The van der Waals surface area contributed by atoms with Gasteiger partial charge in [-0.2, -0.15) is 5.10 Å². The SMILES string of the molecule is CCOC(=O)c1ccc(N2N=C(c3cccnc3)CC2=O)cc1. The van der Waals surface area contributed by atoms with E-state index in [1.54, 1.807) is 49.6 Å². The second-order valence-electron chi connectivity index (χ2n) is 4.94. The lowest BCUT2D eigenvalue weighted by Gasteiger charge is -2.11. The van der Waals surface area contributed by atoms with Crippen LogP contribution in [0.2, 0.25) is 0 Å². The summed E-state index contributed by atoms with van der Waals surface area (Å²) >= 11 is 0. The zero-order chi connectivity index (χ0) is 16.2. The number of hydrogen-bond acceptors (Lipinski definition) is 5. The van der Waals surface area contributed by atoms with Crippen molar-refractivity contribution in [3.8, 4) is 0 Å². The Morgan fingerprint density at radius 1 is 1.26 bits per heavy atom. The molecule has 0 radical (unpaired) electrons. The van der Waals surface area contributed by atoms with E-state index in [0.717, 1.165) is 5.56 Å². The molecule has 0 N–H and O–H groups in total. The number of ether oxygens (including phenoxy) is 1. The van der Waals surface area contributed by atoms with E-state index in [1.807, 2.05) is 6.07 Å². The molecule has 2 heterocycles. The lowest BCUT2D eigenvalue weighted by molar-refractivity contribution is -0.116. The molecule has 1 aromatic heterocycles. The van der Waals surface area contributed by atoms with Gasteiger partial charge < -0.3 is 4.74 Å². The van der Waals surface area contributed by atoms with Crippen molar-refractivity contribution in [3.05, 3.63) is 59.9 Å². The summed E-state index contributed by atoms with van der Waals surface area (Å²) in [4.78, 5) is 27.9. The Bertz CT molecular complexity index is 754. The van der Waals surface area contributed by atoms with Gasteiger partial charge in [0.25, 0.3) is 5.91 Å². The van der Waals surface area contributed by atoms with Gasteiger partial charge in [-0.1, -0.05) is 0 Å². The van der Waals surface area contributed by atoms with Gasteiger partial charge in [0.05, 0.1) is 30.0 Å². The van der Waals surface area contributed by atoms with E-state index < -0.39 is 0 Å². The van der Waals surface area contributed by atoms with Crippen LogP contribution >= 0.6 is 0 Å². The number of aromatic nitrogens is 1. The number of amides is 1. The average Bonchev–Trinajstić information content (AvgIpc) is 2.98. The highest BCUT2D eigenvalue weighted by Crippen LogP contribution is 2.23. The van der Waals surface area contributed by atoms with Gasteiger partial charge in [0.2, 0.25) is 0 Å². The van der Waals surface area contributed by atoms with Gasteiger partial charge in [0, 0.05) is 18.0 Å². The van der Waals surface area contributed by atoms with Crippen LogP contribution in [-0.4, -0.2) is 29.2 Å². The Hall–Kier alpha value is -3.02. The summed E-state index contributed by atoms with van der Waals surface area (Å²) in [6, 6.07) is 10.3. The first-order chi connectivity index (χ1) is 11.2. The van der Waals surface area contributed by atoms with Crippen molar-refractivity contribution in [2.75, 3.05) is 11.6 Å². The zero-order valence-electron chi connectivity index (χ0n) is 12.6. The first-order valence-corrected chi connectivity index (χ1v) is 7.27. The van der Waals surface area contributed by atoms with Crippen LogP contribution in [0.5, 0.6) is 0 Å². The van der Waals surface area contributed by atoms with Crippen molar-refractivity contribution < 1.29 is 14.3 Å². The van der Waals surface area contributed by atoms with Gasteiger partial charge in [-0.15, -0.1) is 0 Å². The number of nitrogens with zero attached hydrogens (tertiary/aromatic N) is 3. The summed E-state index contributed by atoms with van der Waals surface area (Å²) in [5, 5.41) is 5.71. The van der Waals surface area contributed by atoms with Crippen molar-refractivity contribution >= 4 is 23.3 Å². The lowest BCUT2D eigenvalue weighted by atomic mass is 10.1. The molecule has 0 atom stereocenters. The van der Waals surface area contributed by atoms with Gasteiger partial charge in [-0.25, -0.2) is 9.80 Å². The first-order valence-electron chi connectivity index (χ1n) is 7.27. The summed E-state index contributed by atoms with van der Waals surface area (Å²) in [5.41, 5.74) is 2.56. The lowest BCUT2D eigenvalue weighted by Crippen LogP contribution is -2.19. The third-order valence-corrected chi connectivity index (χ3v) is 3.39. The van der Waals surface area contributed by atoms with Gasteiger partial charge in [-0.3, -0.25) is 9.78 Å². The second kappa shape index (κ2) is 6.39. The van der Waals surface area contributed by atoms with Crippen LogP contribution < -0.4 is 5.01 Å². The monoisotopic (exact) mass is 309 g/mol. The molecule has 6 heteroatoms. The van der Waals surface area contributed by atoms with E-state index in [-0.39, 0.29) is 18.3 Å². The molecule has 23 heavy (non-hydrogen) atoms. The summed E-state index contributed by atoms with van der Waals surface area (Å²) in [6.07, 6.45) is 3.58. The van der Waals surface area contributed by atoms with Gasteiger partial charge in [0.15, 0.2) is 0 Å². The minimum absolute atomic E-state index is 0.118. The first kappa shape index (κ1) is 14.9. The third kappa shape index (κ3) is 3.11. The molecule has 0 spiro atoms. The molecule has 0 saturated carbocycles. The summed E-state index contributed by atoms with van der Waals surface area (Å²) in [6.45, 7) is 2.08. The smallest absolute Gasteiger partial charge is 0.338 e. The van der Waals surface area contributed by atoms with Crippen LogP contribution in [0.25, 0.3) is 0 Å². The maximum atomic E-state index is 12.2.